The minimum atomic E-state index is 0.0803. The molecule has 2 unspecified atom stereocenters. The molecular formula is C14H23NO2. The summed E-state index contributed by atoms with van der Waals surface area (Å²) < 4.78 is 5.50. The predicted molar refractivity (Wildman–Crippen MR) is 67.7 cm³/mol. The van der Waals surface area contributed by atoms with Crippen LogP contribution in [0.2, 0.25) is 0 Å². The van der Waals surface area contributed by atoms with Crippen LogP contribution in [-0.2, 0) is 9.53 Å². The molecule has 3 nitrogen and oxygen atoms in total. The minimum absolute atomic E-state index is 0.0803. The smallest absolute Gasteiger partial charge is 0.227 e. The zero-order valence-electron chi connectivity index (χ0n) is 10.5. The van der Waals surface area contributed by atoms with Crippen molar-refractivity contribution in [3.63, 3.8) is 0 Å². The molecule has 3 heteroatoms. The quantitative estimate of drug-likeness (QED) is 0.766. The van der Waals surface area contributed by atoms with E-state index in [-0.39, 0.29) is 17.9 Å². The van der Waals surface area contributed by atoms with E-state index in [0.717, 1.165) is 32.3 Å². The molecule has 2 aliphatic rings. The van der Waals surface area contributed by atoms with Crippen LogP contribution in [0.15, 0.2) is 12.2 Å². The standard InChI is InChI=1S/C14H23NO2/c16-14(15-11-13-9-6-10-17-13)12-7-4-2-1-3-5-8-12/h4,7,12-13H,1-3,5-6,8-11H2,(H,15,16)/b7-4-. The average Bonchev–Trinajstić information content (AvgIpc) is 2.78. The van der Waals surface area contributed by atoms with Gasteiger partial charge in [-0.25, -0.2) is 0 Å². The molecule has 0 saturated carbocycles. The molecule has 1 aliphatic heterocycles. The number of carbonyl (C=O) groups is 1. The lowest BCUT2D eigenvalue weighted by Gasteiger charge is -2.17. The summed E-state index contributed by atoms with van der Waals surface area (Å²) in [5, 5.41) is 3.03. The lowest BCUT2D eigenvalue weighted by Crippen LogP contribution is -2.35. The number of nitrogens with one attached hydrogen (secondary N) is 1. The predicted octanol–water partition coefficient (Wildman–Crippen LogP) is 2.42. The highest BCUT2D eigenvalue weighted by Crippen LogP contribution is 2.17. The van der Waals surface area contributed by atoms with Crippen molar-refractivity contribution in [3.05, 3.63) is 12.2 Å². The molecule has 2 rings (SSSR count). The maximum absolute atomic E-state index is 12.0. The van der Waals surface area contributed by atoms with E-state index >= 15 is 0 Å². The SMILES string of the molecule is O=C(NCC1CCCO1)C1/C=C\CCCCC1. The number of allylic oxidation sites excluding steroid dienone is 1. The van der Waals surface area contributed by atoms with Crippen molar-refractivity contribution < 1.29 is 9.53 Å². The molecule has 0 spiro atoms. The average molecular weight is 237 g/mol. The first-order chi connectivity index (χ1) is 8.36. The Balaban J connectivity index is 1.74. The molecule has 1 N–H and O–H groups in total. The maximum Gasteiger partial charge on any atom is 0.227 e. The van der Waals surface area contributed by atoms with Crippen molar-refractivity contribution >= 4 is 5.91 Å². The number of amides is 1. The van der Waals surface area contributed by atoms with Gasteiger partial charge in [0.05, 0.1) is 12.0 Å². The normalized spacial score (nSPS) is 31.5. The van der Waals surface area contributed by atoms with Gasteiger partial charge in [-0.05, 0) is 32.1 Å². The van der Waals surface area contributed by atoms with Crippen LogP contribution in [0, 0.1) is 5.92 Å². The van der Waals surface area contributed by atoms with Crippen LogP contribution in [-0.4, -0.2) is 25.2 Å². The molecule has 0 bridgehead atoms. The molecule has 1 fully saturated rings. The summed E-state index contributed by atoms with van der Waals surface area (Å²) >= 11 is 0. The summed E-state index contributed by atoms with van der Waals surface area (Å²) in [5.41, 5.74) is 0. The Morgan fingerprint density at radius 3 is 3.00 bits per heavy atom. The van der Waals surface area contributed by atoms with Crippen molar-refractivity contribution in [3.8, 4) is 0 Å². The van der Waals surface area contributed by atoms with Crippen LogP contribution >= 0.6 is 0 Å². The molecule has 0 radical (unpaired) electrons. The number of hydrogen-bond donors (Lipinski definition) is 1. The lowest BCUT2D eigenvalue weighted by molar-refractivity contribution is -0.124. The molecular weight excluding hydrogens is 214 g/mol. The Labute approximate surface area is 104 Å². The zero-order chi connectivity index (χ0) is 11.9. The van der Waals surface area contributed by atoms with Gasteiger partial charge < -0.3 is 10.1 Å². The van der Waals surface area contributed by atoms with E-state index < -0.39 is 0 Å². The van der Waals surface area contributed by atoms with Gasteiger partial charge in [0.2, 0.25) is 5.91 Å². The highest BCUT2D eigenvalue weighted by molar-refractivity contribution is 5.80. The molecule has 1 amide bonds. The van der Waals surface area contributed by atoms with E-state index in [1.165, 1.54) is 19.3 Å². The number of hydrogen-bond acceptors (Lipinski definition) is 2. The number of rotatable bonds is 3. The molecule has 0 aromatic carbocycles. The molecule has 2 atom stereocenters. The number of ether oxygens (including phenoxy) is 1. The van der Waals surface area contributed by atoms with Gasteiger partial charge >= 0.3 is 0 Å². The molecule has 0 aromatic heterocycles. The monoisotopic (exact) mass is 237 g/mol. The summed E-state index contributed by atoms with van der Waals surface area (Å²) in [6.45, 7) is 1.53. The molecule has 17 heavy (non-hydrogen) atoms. The summed E-state index contributed by atoms with van der Waals surface area (Å²) in [5.74, 6) is 0.260. The molecule has 96 valence electrons. The topological polar surface area (TPSA) is 38.3 Å². The fourth-order valence-corrected chi connectivity index (χ4v) is 2.53. The second-order valence-electron chi connectivity index (χ2n) is 5.05. The van der Waals surface area contributed by atoms with Crippen molar-refractivity contribution in [1.29, 1.82) is 0 Å². The van der Waals surface area contributed by atoms with Crippen LogP contribution in [0.4, 0.5) is 0 Å². The Bertz CT molecular complexity index is 269. The summed E-state index contributed by atoms with van der Waals surface area (Å²) in [4.78, 5) is 12.0. The van der Waals surface area contributed by atoms with E-state index in [2.05, 4.69) is 17.5 Å². The largest absolute Gasteiger partial charge is 0.376 e. The summed E-state index contributed by atoms with van der Waals surface area (Å²) in [6, 6.07) is 0. The third-order valence-corrected chi connectivity index (χ3v) is 3.62. The van der Waals surface area contributed by atoms with Crippen LogP contribution in [0.3, 0.4) is 0 Å². The highest BCUT2D eigenvalue weighted by Gasteiger charge is 2.19. The molecule has 0 aromatic rings. The second-order valence-corrected chi connectivity index (χ2v) is 5.05. The van der Waals surface area contributed by atoms with Crippen molar-refractivity contribution in [2.75, 3.05) is 13.2 Å². The zero-order valence-corrected chi connectivity index (χ0v) is 10.5. The van der Waals surface area contributed by atoms with E-state index in [1.807, 2.05) is 0 Å². The number of carbonyl (C=O) groups excluding carboxylic acids is 1. The van der Waals surface area contributed by atoms with Gasteiger partial charge in [-0.2, -0.15) is 0 Å². The Morgan fingerprint density at radius 1 is 1.24 bits per heavy atom. The van der Waals surface area contributed by atoms with Gasteiger partial charge in [-0.1, -0.05) is 25.0 Å². The first-order valence-corrected chi connectivity index (χ1v) is 6.92. The van der Waals surface area contributed by atoms with Crippen LogP contribution in [0.1, 0.15) is 44.9 Å². The third-order valence-electron chi connectivity index (χ3n) is 3.62. The second kappa shape index (κ2) is 6.80. The Kier molecular flexibility index (Phi) is 5.05. The van der Waals surface area contributed by atoms with Gasteiger partial charge in [0, 0.05) is 13.2 Å². The molecule has 1 saturated heterocycles. The van der Waals surface area contributed by atoms with Crippen molar-refractivity contribution in [2.24, 2.45) is 5.92 Å². The third kappa shape index (κ3) is 4.15. The van der Waals surface area contributed by atoms with E-state index in [9.17, 15) is 4.79 Å². The fourth-order valence-electron chi connectivity index (χ4n) is 2.53. The van der Waals surface area contributed by atoms with Gasteiger partial charge in [-0.15, -0.1) is 0 Å². The fraction of sp³-hybridized carbons (Fsp3) is 0.786. The minimum Gasteiger partial charge on any atom is -0.376 e. The van der Waals surface area contributed by atoms with Crippen LogP contribution in [0.25, 0.3) is 0 Å². The lowest BCUT2D eigenvalue weighted by atomic mass is 9.96. The van der Waals surface area contributed by atoms with Gasteiger partial charge in [0.25, 0.3) is 0 Å². The van der Waals surface area contributed by atoms with E-state index in [0.29, 0.717) is 6.54 Å². The first-order valence-electron chi connectivity index (χ1n) is 6.92. The van der Waals surface area contributed by atoms with Crippen LogP contribution in [0.5, 0.6) is 0 Å². The van der Waals surface area contributed by atoms with Crippen LogP contribution < -0.4 is 5.32 Å². The molecule has 1 heterocycles. The maximum atomic E-state index is 12.0. The Morgan fingerprint density at radius 2 is 2.18 bits per heavy atom. The summed E-state index contributed by atoms with van der Waals surface area (Å²) in [6.07, 6.45) is 12.5. The Hall–Kier alpha value is -0.830. The van der Waals surface area contributed by atoms with E-state index in [4.69, 9.17) is 4.74 Å². The highest BCUT2D eigenvalue weighted by atomic mass is 16.5. The van der Waals surface area contributed by atoms with Gasteiger partial charge in [0.1, 0.15) is 0 Å². The molecule has 1 aliphatic carbocycles. The van der Waals surface area contributed by atoms with Crippen molar-refractivity contribution in [1.82, 2.24) is 5.32 Å². The van der Waals surface area contributed by atoms with Gasteiger partial charge in [-0.3, -0.25) is 4.79 Å². The van der Waals surface area contributed by atoms with Gasteiger partial charge in [0.15, 0.2) is 0 Å². The van der Waals surface area contributed by atoms with Crippen molar-refractivity contribution in [2.45, 2.75) is 51.0 Å². The summed E-state index contributed by atoms with van der Waals surface area (Å²) in [7, 11) is 0. The first kappa shape index (κ1) is 12.6. The van der Waals surface area contributed by atoms with E-state index in [1.54, 1.807) is 0 Å².